The summed E-state index contributed by atoms with van der Waals surface area (Å²) in [5, 5.41) is 3.41. The minimum absolute atomic E-state index is 0.434. The highest BCUT2D eigenvalue weighted by Gasteiger charge is 2.27. The molecule has 18 heavy (non-hydrogen) atoms. The van der Waals surface area contributed by atoms with Crippen molar-refractivity contribution in [1.82, 2.24) is 9.55 Å². The quantitative estimate of drug-likeness (QED) is 0.834. The molecule has 1 aliphatic rings. The highest BCUT2D eigenvalue weighted by molar-refractivity contribution is 7.99. The minimum Gasteiger partial charge on any atom is -0.329 e. The van der Waals surface area contributed by atoms with Gasteiger partial charge in [0.2, 0.25) is 0 Å². The average Bonchev–Trinajstić information content (AvgIpc) is 2.86. The van der Waals surface area contributed by atoms with E-state index in [2.05, 4.69) is 10.3 Å². The maximum atomic E-state index is 11.4. The van der Waals surface area contributed by atoms with Gasteiger partial charge in [0.15, 0.2) is 5.16 Å². The Hall–Kier alpha value is -2.08. The number of fused-ring (bicyclic) bond motifs is 1. The van der Waals surface area contributed by atoms with Crippen LogP contribution >= 0.6 is 11.8 Å². The molecular weight excluding hydrogens is 250 g/mol. The van der Waals surface area contributed by atoms with Crippen molar-refractivity contribution in [3.63, 3.8) is 0 Å². The van der Waals surface area contributed by atoms with E-state index in [9.17, 15) is 9.59 Å². The number of rotatable bonds is 2. The number of hydrogen-bond acceptors (Lipinski definition) is 4. The summed E-state index contributed by atoms with van der Waals surface area (Å²) in [7, 11) is 1.91. The maximum absolute atomic E-state index is 11.4. The van der Waals surface area contributed by atoms with Gasteiger partial charge < -0.3 is 9.88 Å². The van der Waals surface area contributed by atoms with E-state index in [-0.39, 0.29) is 0 Å². The van der Waals surface area contributed by atoms with Gasteiger partial charge in [-0.3, -0.25) is 9.59 Å². The first-order valence-electron chi connectivity index (χ1n) is 5.30. The van der Waals surface area contributed by atoms with Gasteiger partial charge in [0.25, 0.3) is 11.7 Å². The lowest BCUT2D eigenvalue weighted by atomic mass is 10.1. The zero-order valence-corrected chi connectivity index (χ0v) is 10.3. The Balaban J connectivity index is 1.93. The Morgan fingerprint density at radius 2 is 2.17 bits per heavy atom. The summed E-state index contributed by atoms with van der Waals surface area (Å²) in [6.07, 6.45) is 3.59. The Kier molecular flexibility index (Phi) is 2.45. The molecule has 2 aromatic rings. The predicted octanol–water partition coefficient (Wildman–Crippen LogP) is 1.71. The number of carbonyl (C=O) groups excluding carboxylic acids is 2. The van der Waals surface area contributed by atoms with Crippen LogP contribution in [-0.4, -0.2) is 21.2 Å². The molecule has 0 saturated heterocycles. The van der Waals surface area contributed by atoms with Crippen LogP contribution in [0.1, 0.15) is 10.4 Å². The molecule has 1 aliphatic heterocycles. The van der Waals surface area contributed by atoms with E-state index in [1.165, 1.54) is 11.8 Å². The van der Waals surface area contributed by atoms with Gasteiger partial charge in [0.1, 0.15) is 0 Å². The minimum atomic E-state index is -0.566. The van der Waals surface area contributed by atoms with Gasteiger partial charge in [-0.2, -0.15) is 0 Å². The lowest BCUT2D eigenvalue weighted by molar-refractivity contribution is -0.112. The molecule has 1 aromatic carbocycles. The second kappa shape index (κ2) is 3.99. The van der Waals surface area contributed by atoms with Gasteiger partial charge in [-0.1, -0.05) is 11.8 Å². The first-order chi connectivity index (χ1) is 8.65. The highest BCUT2D eigenvalue weighted by Crippen LogP contribution is 2.32. The van der Waals surface area contributed by atoms with Crippen molar-refractivity contribution >= 4 is 29.1 Å². The first kappa shape index (κ1) is 11.0. The van der Waals surface area contributed by atoms with Crippen molar-refractivity contribution in [3.8, 4) is 0 Å². The summed E-state index contributed by atoms with van der Waals surface area (Å²) in [6, 6.07) is 5.27. The number of ketones is 1. The Bertz CT molecular complexity index is 663. The summed E-state index contributed by atoms with van der Waals surface area (Å²) >= 11 is 1.48. The van der Waals surface area contributed by atoms with Gasteiger partial charge in [-0.15, -0.1) is 0 Å². The highest BCUT2D eigenvalue weighted by atomic mass is 32.2. The second-order valence-electron chi connectivity index (χ2n) is 3.91. The number of benzene rings is 1. The molecule has 0 aliphatic carbocycles. The van der Waals surface area contributed by atoms with Gasteiger partial charge in [0.05, 0.1) is 11.3 Å². The maximum Gasteiger partial charge on any atom is 0.296 e. The smallest absolute Gasteiger partial charge is 0.296 e. The summed E-state index contributed by atoms with van der Waals surface area (Å²) in [4.78, 5) is 27.8. The van der Waals surface area contributed by atoms with Gasteiger partial charge in [-0.25, -0.2) is 4.98 Å². The molecule has 0 bridgehead atoms. The molecule has 2 heterocycles. The van der Waals surface area contributed by atoms with Crippen LogP contribution in [0.5, 0.6) is 0 Å². The molecule has 6 heteroatoms. The van der Waals surface area contributed by atoms with Crippen molar-refractivity contribution in [2.75, 3.05) is 5.32 Å². The van der Waals surface area contributed by atoms with E-state index in [1.807, 2.05) is 23.9 Å². The molecular formula is C12H9N3O2S. The standard InChI is InChI=1S/C12H9N3O2S/c1-15-5-4-13-12(15)18-7-2-3-8-9(6-7)14-11(17)10(8)16/h2-6H,1H3,(H,14,16,17). The van der Waals surface area contributed by atoms with Gasteiger partial charge >= 0.3 is 0 Å². The van der Waals surface area contributed by atoms with Crippen molar-refractivity contribution in [2.24, 2.45) is 7.05 Å². The normalized spacial score (nSPS) is 13.6. The third kappa shape index (κ3) is 1.70. The lowest BCUT2D eigenvalue weighted by Gasteiger charge is -2.03. The average molecular weight is 259 g/mol. The van der Waals surface area contributed by atoms with Crippen molar-refractivity contribution in [1.29, 1.82) is 0 Å². The van der Waals surface area contributed by atoms with Crippen molar-refractivity contribution < 1.29 is 9.59 Å². The number of Topliss-reactive ketones (excluding diaryl/α,β-unsaturated/α-hetero) is 1. The molecule has 1 aromatic heterocycles. The van der Waals surface area contributed by atoms with E-state index in [4.69, 9.17) is 0 Å². The van der Waals surface area contributed by atoms with E-state index in [0.717, 1.165) is 10.1 Å². The molecule has 1 amide bonds. The SMILES string of the molecule is Cn1ccnc1Sc1ccc2c(c1)NC(=O)C2=O. The molecule has 3 rings (SSSR count). The van der Waals surface area contributed by atoms with E-state index in [1.54, 1.807) is 18.3 Å². The van der Waals surface area contributed by atoms with Crippen LogP contribution in [0.2, 0.25) is 0 Å². The van der Waals surface area contributed by atoms with E-state index < -0.39 is 11.7 Å². The molecule has 0 unspecified atom stereocenters. The van der Waals surface area contributed by atoms with Crippen LogP contribution in [0.3, 0.4) is 0 Å². The van der Waals surface area contributed by atoms with Gasteiger partial charge in [-0.05, 0) is 18.2 Å². The number of nitrogens with one attached hydrogen (secondary N) is 1. The largest absolute Gasteiger partial charge is 0.329 e. The number of aryl methyl sites for hydroxylation is 1. The lowest BCUT2D eigenvalue weighted by Crippen LogP contribution is -2.12. The van der Waals surface area contributed by atoms with Crippen molar-refractivity contribution in [2.45, 2.75) is 10.1 Å². The summed E-state index contributed by atoms with van der Waals surface area (Å²) in [5.41, 5.74) is 1.01. The molecule has 0 atom stereocenters. The predicted molar refractivity (Wildman–Crippen MR) is 66.7 cm³/mol. The number of anilines is 1. The summed E-state index contributed by atoms with van der Waals surface area (Å²) in [5.74, 6) is -1.04. The fraction of sp³-hybridized carbons (Fsp3) is 0.0833. The second-order valence-corrected chi connectivity index (χ2v) is 4.95. The molecule has 90 valence electrons. The van der Waals surface area contributed by atoms with E-state index >= 15 is 0 Å². The van der Waals surface area contributed by atoms with Crippen LogP contribution in [0, 0.1) is 0 Å². The number of nitrogens with zero attached hydrogens (tertiary/aromatic N) is 2. The summed E-state index contributed by atoms with van der Waals surface area (Å²) in [6.45, 7) is 0. The number of imidazole rings is 1. The van der Waals surface area contributed by atoms with Crippen LogP contribution in [0.4, 0.5) is 5.69 Å². The van der Waals surface area contributed by atoms with Crippen LogP contribution < -0.4 is 5.32 Å². The van der Waals surface area contributed by atoms with Crippen LogP contribution in [0.15, 0.2) is 40.6 Å². The third-order valence-corrected chi connectivity index (χ3v) is 3.74. The number of carbonyl (C=O) groups is 2. The van der Waals surface area contributed by atoms with Crippen LogP contribution in [0.25, 0.3) is 0 Å². The zero-order valence-electron chi connectivity index (χ0n) is 9.51. The number of amides is 1. The fourth-order valence-corrected chi connectivity index (χ4v) is 2.59. The number of aromatic nitrogens is 2. The number of hydrogen-bond donors (Lipinski definition) is 1. The zero-order chi connectivity index (χ0) is 12.7. The van der Waals surface area contributed by atoms with E-state index in [0.29, 0.717) is 11.3 Å². The fourth-order valence-electron chi connectivity index (χ4n) is 1.75. The molecule has 1 N–H and O–H groups in total. The molecule has 0 spiro atoms. The van der Waals surface area contributed by atoms with Crippen molar-refractivity contribution in [3.05, 3.63) is 36.2 Å². The third-order valence-electron chi connectivity index (χ3n) is 2.68. The molecule has 0 saturated carbocycles. The Labute approximate surface area is 107 Å². The van der Waals surface area contributed by atoms with Crippen LogP contribution in [-0.2, 0) is 11.8 Å². The molecule has 0 radical (unpaired) electrons. The first-order valence-corrected chi connectivity index (χ1v) is 6.12. The summed E-state index contributed by atoms with van der Waals surface area (Å²) < 4.78 is 1.90. The van der Waals surface area contributed by atoms with Gasteiger partial charge in [0, 0.05) is 24.3 Å². The monoisotopic (exact) mass is 259 g/mol. The molecule has 0 fully saturated rings. The Morgan fingerprint density at radius 1 is 1.33 bits per heavy atom. The molecule has 5 nitrogen and oxygen atoms in total. The topological polar surface area (TPSA) is 64.0 Å². The Morgan fingerprint density at radius 3 is 2.89 bits per heavy atom.